The van der Waals surface area contributed by atoms with E-state index in [1.54, 1.807) is 0 Å². The summed E-state index contributed by atoms with van der Waals surface area (Å²) in [6.07, 6.45) is 3.92. The first-order valence-electron chi connectivity index (χ1n) is 14.9. The van der Waals surface area contributed by atoms with Crippen LogP contribution >= 0.6 is 8.60 Å². The van der Waals surface area contributed by atoms with Crippen LogP contribution in [0.25, 0.3) is 17.1 Å². The highest BCUT2D eigenvalue weighted by atomic mass is 31.2. The van der Waals surface area contributed by atoms with Gasteiger partial charge in [0.25, 0.3) is 0 Å². The Kier molecular flexibility index (Phi) is 9.22. The van der Waals surface area contributed by atoms with Gasteiger partial charge in [-0.15, -0.1) is 0 Å². The second kappa shape index (κ2) is 13.1. The van der Waals surface area contributed by atoms with Crippen molar-refractivity contribution < 1.29 is 13.6 Å². The van der Waals surface area contributed by atoms with Crippen molar-refractivity contribution in [3.05, 3.63) is 125 Å². The maximum atomic E-state index is 6.53. The zero-order chi connectivity index (χ0) is 30.7. The molecule has 0 fully saturated rings. The molecular weight excluding hydrogens is 551 g/mol. The number of para-hydroxylation sites is 3. The van der Waals surface area contributed by atoms with Crippen molar-refractivity contribution in [3.63, 3.8) is 0 Å². The van der Waals surface area contributed by atoms with Crippen LogP contribution in [0.2, 0.25) is 0 Å². The van der Waals surface area contributed by atoms with Crippen molar-refractivity contribution in [3.8, 4) is 34.3 Å². The molecule has 0 aliphatic carbocycles. The molecule has 1 aromatic heterocycles. The molecule has 4 aromatic carbocycles. The zero-order valence-corrected chi connectivity index (χ0v) is 27.3. The Hall–Kier alpha value is -4.08. The Morgan fingerprint density at radius 1 is 0.628 bits per heavy atom. The number of rotatable bonds is 10. The van der Waals surface area contributed by atoms with Gasteiger partial charge in [0.05, 0.1) is 5.69 Å². The lowest BCUT2D eigenvalue weighted by atomic mass is 9.92. The second-order valence-electron chi connectivity index (χ2n) is 11.7. The van der Waals surface area contributed by atoms with Crippen LogP contribution in [0.3, 0.4) is 0 Å². The Balaban J connectivity index is 1.53. The predicted molar refractivity (Wildman–Crippen MR) is 178 cm³/mol. The van der Waals surface area contributed by atoms with E-state index in [0.717, 1.165) is 45.1 Å². The molecule has 0 atom stereocenters. The van der Waals surface area contributed by atoms with Crippen LogP contribution in [0.1, 0.15) is 72.9 Å². The lowest BCUT2D eigenvalue weighted by Crippen LogP contribution is -2.08. The van der Waals surface area contributed by atoms with E-state index in [-0.39, 0.29) is 0 Å². The summed E-state index contributed by atoms with van der Waals surface area (Å²) in [5, 5.41) is 0. The molecule has 6 heteroatoms. The first kappa shape index (κ1) is 30.4. The van der Waals surface area contributed by atoms with Gasteiger partial charge in [0.2, 0.25) is 0 Å². The molecule has 0 bridgehead atoms. The smallest absolute Gasteiger partial charge is 0.408 e. The number of benzene rings is 4. The Morgan fingerprint density at radius 3 is 1.63 bits per heavy atom. The summed E-state index contributed by atoms with van der Waals surface area (Å²) in [7, 11) is -1.83. The number of imidazole rings is 1. The lowest BCUT2D eigenvalue weighted by molar-refractivity contribution is 0.384. The van der Waals surface area contributed by atoms with Gasteiger partial charge in [-0.2, -0.15) is 0 Å². The Morgan fingerprint density at radius 2 is 1.12 bits per heavy atom. The van der Waals surface area contributed by atoms with Crippen LogP contribution in [0, 0.1) is 27.7 Å². The molecule has 5 nitrogen and oxygen atoms in total. The molecule has 5 rings (SSSR count). The number of aromatic nitrogens is 2. The third kappa shape index (κ3) is 6.63. The van der Waals surface area contributed by atoms with Gasteiger partial charge in [0.1, 0.15) is 23.1 Å². The normalized spacial score (nSPS) is 11.4. The molecule has 0 saturated carbocycles. The van der Waals surface area contributed by atoms with Gasteiger partial charge in [-0.05, 0) is 85.0 Å². The summed E-state index contributed by atoms with van der Waals surface area (Å²) in [4.78, 5) is 4.82. The molecule has 43 heavy (non-hydrogen) atoms. The number of aryl methyl sites for hydroxylation is 4. The molecule has 5 aromatic rings. The fourth-order valence-electron chi connectivity index (χ4n) is 5.36. The quantitative estimate of drug-likeness (QED) is 0.151. The maximum Gasteiger partial charge on any atom is 0.530 e. The average Bonchev–Trinajstić information content (AvgIpc) is 3.46. The standard InChI is InChI=1S/C37H41N2O3P/c1-24(2)32-19-12-20-33(25(3)4)34(32)39-22-21-38-37(39)30-17-11-18-31(23-30)40-43(41-35-26(5)13-9-14-27(35)6)42-36-28(7)15-10-16-29(36)8/h9-25H,1-8H3. The molecule has 222 valence electrons. The number of hydrogen-bond acceptors (Lipinski definition) is 4. The zero-order valence-electron chi connectivity index (χ0n) is 26.4. The molecule has 0 N–H and O–H groups in total. The van der Waals surface area contributed by atoms with Crippen LogP contribution in [-0.2, 0) is 0 Å². The summed E-state index contributed by atoms with van der Waals surface area (Å²) in [5.41, 5.74) is 8.86. The number of nitrogens with zero attached hydrogens (tertiary/aromatic N) is 2. The van der Waals surface area contributed by atoms with E-state index in [1.165, 1.54) is 16.8 Å². The van der Waals surface area contributed by atoms with Crippen molar-refractivity contribution in [2.75, 3.05) is 0 Å². The third-order valence-electron chi connectivity index (χ3n) is 7.65. The van der Waals surface area contributed by atoms with Gasteiger partial charge in [0, 0.05) is 18.0 Å². The fraction of sp³-hybridized carbons (Fsp3) is 0.270. The summed E-state index contributed by atoms with van der Waals surface area (Å²) < 4.78 is 21.8. The van der Waals surface area contributed by atoms with Crippen molar-refractivity contribution in [2.24, 2.45) is 0 Å². The number of hydrogen-bond donors (Lipinski definition) is 0. The molecule has 0 saturated heterocycles. The Bertz CT molecular complexity index is 1600. The first-order chi connectivity index (χ1) is 20.6. The average molecular weight is 593 g/mol. The van der Waals surface area contributed by atoms with Gasteiger partial charge >= 0.3 is 8.60 Å². The van der Waals surface area contributed by atoms with E-state index >= 15 is 0 Å². The lowest BCUT2D eigenvalue weighted by Gasteiger charge is -2.22. The summed E-state index contributed by atoms with van der Waals surface area (Å²) in [6, 6.07) is 26.8. The molecule has 0 aliphatic heterocycles. The van der Waals surface area contributed by atoms with Crippen molar-refractivity contribution in [2.45, 2.75) is 67.2 Å². The van der Waals surface area contributed by atoms with E-state index in [0.29, 0.717) is 17.6 Å². The largest absolute Gasteiger partial charge is 0.530 e. The molecule has 1 heterocycles. The minimum atomic E-state index is -1.83. The van der Waals surface area contributed by atoms with Crippen LogP contribution < -0.4 is 13.6 Å². The highest BCUT2D eigenvalue weighted by Crippen LogP contribution is 2.46. The van der Waals surface area contributed by atoms with Crippen molar-refractivity contribution >= 4 is 8.60 Å². The summed E-state index contributed by atoms with van der Waals surface area (Å²) >= 11 is 0. The van der Waals surface area contributed by atoms with Crippen molar-refractivity contribution in [1.82, 2.24) is 9.55 Å². The molecule has 0 spiro atoms. The first-order valence-corrected chi connectivity index (χ1v) is 16.0. The predicted octanol–water partition coefficient (Wildman–Crippen LogP) is 10.8. The summed E-state index contributed by atoms with van der Waals surface area (Å²) in [6.45, 7) is 17.1. The fourth-order valence-corrected chi connectivity index (χ4v) is 6.63. The van der Waals surface area contributed by atoms with E-state index in [1.807, 2.05) is 88.5 Å². The second-order valence-corrected chi connectivity index (χ2v) is 12.7. The van der Waals surface area contributed by atoms with E-state index < -0.39 is 8.60 Å². The SMILES string of the molecule is Cc1cccc(C)c1OP(Oc1cccc(-c2nccn2-c2c(C(C)C)cccc2C(C)C)c1)Oc1c(C)cccc1C. The van der Waals surface area contributed by atoms with Gasteiger partial charge in [-0.3, -0.25) is 4.57 Å². The van der Waals surface area contributed by atoms with Gasteiger partial charge in [0.15, 0.2) is 0 Å². The molecular formula is C37H41N2O3P. The van der Waals surface area contributed by atoms with E-state index in [9.17, 15) is 0 Å². The van der Waals surface area contributed by atoms with Crippen LogP contribution in [0.4, 0.5) is 0 Å². The van der Waals surface area contributed by atoms with E-state index in [2.05, 4.69) is 62.7 Å². The van der Waals surface area contributed by atoms with Gasteiger partial charge < -0.3 is 13.6 Å². The van der Waals surface area contributed by atoms with Gasteiger partial charge in [-0.1, -0.05) is 94.4 Å². The van der Waals surface area contributed by atoms with E-state index in [4.69, 9.17) is 18.6 Å². The highest BCUT2D eigenvalue weighted by molar-refractivity contribution is 7.43. The van der Waals surface area contributed by atoms with Crippen LogP contribution in [-0.4, -0.2) is 9.55 Å². The van der Waals surface area contributed by atoms with Gasteiger partial charge in [-0.25, -0.2) is 4.98 Å². The Labute approximate surface area is 257 Å². The molecule has 0 aliphatic rings. The molecule has 0 amide bonds. The third-order valence-corrected chi connectivity index (χ3v) is 8.67. The minimum Gasteiger partial charge on any atom is -0.408 e. The monoisotopic (exact) mass is 592 g/mol. The minimum absolute atomic E-state index is 0.367. The van der Waals surface area contributed by atoms with Crippen molar-refractivity contribution in [1.29, 1.82) is 0 Å². The summed E-state index contributed by atoms with van der Waals surface area (Å²) in [5.74, 6) is 3.79. The highest BCUT2D eigenvalue weighted by Gasteiger charge is 2.24. The molecule has 0 radical (unpaired) electrons. The maximum absolute atomic E-state index is 6.53. The van der Waals surface area contributed by atoms with Crippen LogP contribution in [0.15, 0.2) is 91.3 Å². The van der Waals surface area contributed by atoms with Crippen LogP contribution in [0.5, 0.6) is 17.2 Å². The topological polar surface area (TPSA) is 45.5 Å². The molecule has 0 unspecified atom stereocenters.